The first-order chi connectivity index (χ1) is 22.8. The quantitative estimate of drug-likeness (QED) is 0.193. The van der Waals surface area contributed by atoms with Crippen LogP contribution in [0, 0.1) is 0 Å². The molecule has 0 spiro atoms. The predicted molar refractivity (Wildman–Crippen MR) is 192 cm³/mol. The lowest BCUT2D eigenvalue weighted by atomic mass is 9.85. The maximum absolute atomic E-state index is 6.50. The van der Waals surface area contributed by atoms with E-state index >= 15 is 0 Å². The number of benzene rings is 8. The van der Waals surface area contributed by atoms with Gasteiger partial charge in [0.15, 0.2) is 11.2 Å². The van der Waals surface area contributed by atoms with E-state index in [0.29, 0.717) is 0 Å². The summed E-state index contributed by atoms with van der Waals surface area (Å²) in [5, 5.41) is 10.6. The van der Waals surface area contributed by atoms with Crippen LogP contribution in [-0.2, 0) is 0 Å². The molecule has 0 radical (unpaired) electrons. The van der Waals surface area contributed by atoms with Gasteiger partial charge in [0.1, 0.15) is 5.58 Å². The summed E-state index contributed by atoms with van der Waals surface area (Å²) < 4.78 is 12.7. The second-order valence-electron chi connectivity index (χ2n) is 12.1. The van der Waals surface area contributed by atoms with Gasteiger partial charge in [-0.15, -0.1) is 0 Å². The third kappa shape index (κ3) is 3.65. The van der Waals surface area contributed by atoms with E-state index in [9.17, 15) is 0 Å². The molecule has 2 aromatic heterocycles. The Morgan fingerprint density at radius 2 is 0.935 bits per heavy atom. The minimum Gasteiger partial charge on any atom is -0.460 e. The van der Waals surface area contributed by atoms with E-state index in [1.807, 2.05) is 12.3 Å². The van der Waals surface area contributed by atoms with Crippen molar-refractivity contribution in [3.8, 4) is 33.4 Å². The molecule has 0 saturated heterocycles. The van der Waals surface area contributed by atoms with Gasteiger partial charge in [-0.05, 0) is 90.5 Å². The molecule has 0 fully saturated rings. The van der Waals surface area contributed by atoms with Gasteiger partial charge < -0.3 is 8.83 Å². The molecule has 46 heavy (non-hydrogen) atoms. The number of hydrogen-bond donors (Lipinski definition) is 0. The van der Waals surface area contributed by atoms with E-state index in [1.165, 1.54) is 49.0 Å². The van der Waals surface area contributed by atoms with Gasteiger partial charge in [-0.2, -0.15) is 0 Å². The van der Waals surface area contributed by atoms with Gasteiger partial charge in [-0.3, -0.25) is 0 Å². The molecular formula is C44H26O2. The zero-order chi connectivity index (χ0) is 30.2. The van der Waals surface area contributed by atoms with Crippen molar-refractivity contribution in [1.29, 1.82) is 0 Å². The molecule has 0 atom stereocenters. The van der Waals surface area contributed by atoms with Crippen molar-refractivity contribution in [2.75, 3.05) is 0 Å². The number of furan rings is 2. The lowest BCUT2D eigenvalue weighted by Gasteiger charge is -2.18. The predicted octanol–water partition coefficient (Wildman–Crippen LogP) is 12.8. The average Bonchev–Trinajstić information content (AvgIpc) is 3.72. The van der Waals surface area contributed by atoms with Gasteiger partial charge in [-0.1, -0.05) is 121 Å². The maximum atomic E-state index is 6.50. The van der Waals surface area contributed by atoms with Crippen LogP contribution in [0.25, 0.3) is 98.6 Å². The third-order valence-electron chi connectivity index (χ3n) is 9.52. The summed E-state index contributed by atoms with van der Waals surface area (Å²) in [5.74, 6) is 0. The first-order valence-electron chi connectivity index (χ1n) is 15.7. The molecule has 2 heterocycles. The smallest absolute Gasteiger partial charge is 0.178 e. The molecule has 8 aromatic carbocycles. The number of rotatable bonds is 3. The second-order valence-corrected chi connectivity index (χ2v) is 12.1. The van der Waals surface area contributed by atoms with Crippen molar-refractivity contribution in [3.63, 3.8) is 0 Å². The molecule has 2 heteroatoms. The summed E-state index contributed by atoms with van der Waals surface area (Å²) in [6, 6.07) is 54.3. The molecule has 0 unspecified atom stereocenters. The minimum atomic E-state index is 0.782. The summed E-state index contributed by atoms with van der Waals surface area (Å²) in [6.45, 7) is 0. The van der Waals surface area contributed by atoms with Gasteiger partial charge in [0, 0.05) is 21.7 Å². The Hall–Kier alpha value is -6.12. The van der Waals surface area contributed by atoms with Crippen molar-refractivity contribution < 1.29 is 8.83 Å². The molecule has 0 aliphatic rings. The summed E-state index contributed by atoms with van der Waals surface area (Å²) in [5.41, 5.74) is 9.52. The Labute approximate surface area is 264 Å². The zero-order valence-electron chi connectivity index (χ0n) is 24.8. The molecule has 0 saturated carbocycles. The molecule has 0 aliphatic carbocycles. The lowest BCUT2D eigenvalue weighted by Crippen LogP contribution is -1.91. The summed E-state index contributed by atoms with van der Waals surface area (Å²) in [6.07, 6.45) is 1.84. The van der Waals surface area contributed by atoms with Crippen LogP contribution in [0.5, 0.6) is 0 Å². The third-order valence-corrected chi connectivity index (χ3v) is 9.52. The first kappa shape index (κ1) is 25.2. The topological polar surface area (TPSA) is 26.3 Å². The monoisotopic (exact) mass is 586 g/mol. The average molecular weight is 587 g/mol. The fourth-order valence-electron chi connectivity index (χ4n) is 7.42. The molecule has 214 valence electrons. The van der Waals surface area contributed by atoms with Gasteiger partial charge in [0.05, 0.1) is 6.26 Å². The molecule has 0 bridgehead atoms. The van der Waals surface area contributed by atoms with Crippen LogP contribution in [0.2, 0.25) is 0 Å². The highest BCUT2D eigenvalue weighted by atomic mass is 16.4. The van der Waals surface area contributed by atoms with Crippen LogP contribution in [-0.4, -0.2) is 0 Å². The summed E-state index contributed by atoms with van der Waals surface area (Å²) >= 11 is 0. The first-order valence-corrected chi connectivity index (χ1v) is 15.7. The van der Waals surface area contributed by atoms with Crippen molar-refractivity contribution >= 4 is 65.2 Å². The van der Waals surface area contributed by atoms with Gasteiger partial charge in [0.25, 0.3) is 0 Å². The molecule has 0 aliphatic heterocycles. The minimum absolute atomic E-state index is 0.782. The van der Waals surface area contributed by atoms with Crippen LogP contribution in [0.4, 0.5) is 0 Å². The Balaban J connectivity index is 1.22. The fourth-order valence-corrected chi connectivity index (χ4v) is 7.42. The van der Waals surface area contributed by atoms with Crippen molar-refractivity contribution in [3.05, 3.63) is 158 Å². The molecule has 2 nitrogen and oxygen atoms in total. The molecule has 10 rings (SSSR count). The van der Waals surface area contributed by atoms with Gasteiger partial charge in [0.2, 0.25) is 0 Å². The van der Waals surface area contributed by atoms with E-state index < -0.39 is 0 Å². The second kappa shape index (κ2) is 9.69. The summed E-state index contributed by atoms with van der Waals surface area (Å²) in [7, 11) is 0. The maximum Gasteiger partial charge on any atom is 0.178 e. The zero-order valence-corrected chi connectivity index (χ0v) is 24.8. The van der Waals surface area contributed by atoms with Crippen molar-refractivity contribution in [2.24, 2.45) is 0 Å². The molecule has 0 N–H and O–H groups in total. The van der Waals surface area contributed by atoms with Gasteiger partial charge >= 0.3 is 0 Å². The Bertz CT molecular complexity index is 2740. The Morgan fingerprint density at radius 3 is 1.65 bits per heavy atom. The number of hydrogen-bond acceptors (Lipinski definition) is 2. The van der Waals surface area contributed by atoms with Gasteiger partial charge in [-0.25, -0.2) is 0 Å². The normalized spacial score (nSPS) is 11.9. The van der Waals surface area contributed by atoms with Crippen LogP contribution in [0.15, 0.2) is 167 Å². The number of fused-ring (bicyclic) bond motifs is 8. The van der Waals surface area contributed by atoms with E-state index in [4.69, 9.17) is 8.83 Å². The van der Waals surface area contributed by atoms with Crippen molar-refractivity contribution in [2.45, 2.75) is 0 Å². The largest absolute Gasteiger partial charge is 0.460 e. The Morgan fingerprint density at radius 1 is 0.348 bits per heavy atom. The van der Waals surface area contributed by atoms with Crippen LogP contribution >= 0.6 is 0 Å². The standard InChI is InChI=1S/C44H26O2/c1-2-11-28(12-3-1)39-26-45-43-37(39)22-21-36-38-25-31(20-23-40(38)46-44(36)43)42-34-16-8-6-14-32(34)41(33-15-7-9-17-35(33)42)30-19-18-27-10-4-5-13-29(27)24-30/h1-26H. The van der Waals surface area contributed by atoms with Crippen LogP contribution < -0.4 is 0 Å². The molecule has 10 aromatic rings. The Kier molecular flexibility index (Phi) is 5.31. The molecule has 0 amide bonds. The lowest BCUT2D eigenvalue weighted by molar-refractivity contribution is 0.600. The fraction of sp³-hybridized carbons (Fsp3) is 0. The van der Waals surface area contributed by atoms with Crippen LogP contribution in [0.1, 0.15) is 0 Å². The highest BCUT2D eigenvalue weighted by molar-refractivity contribution is 6.23. The van der Waals surface area contributed by atoms with Crippen molar-refractivity contribution in [1.82, 2.24) is 0 Å². The van der Waals surface area contributed by atoms with E-state index in [1.54, 1.807) is 0 Å². The van der Waals surface area contributed by atoms with E-state index in [-0.39, 0.29) is 0 Å². The SMILES string of the molecule is c1ccc(-c2coc3c2ccc2c4cc(-c5c6ccccc6c(-c6ccc7ccccc7c6)c6ccccc56)ccc4oc23)cc1. The highest BCUT2D eigenvalue weighted by Gasteiger charge is 2.20. The summed E-state index contributed by atoms with van der Waals surface area (Å²) in [4.78, 5) is 0. The van der Waals surface area contributed by atoms with Crippen LogP contribution in [0.3, 0.4) is 0 Å². The molecular weight excluding hydrogens is 560 g/mol. The van der Waals surface area contributed by atoms with E-state index in [2.05, 4.69) is 146 Å². The van der Waals surface area contributed by atoms with E-state index in [0.717, 1.165) is 49.6 Å². The highest BCUT2D eigenvalue weighted by Crippen LogP contribution is 2.46.